The molecule has 0 aromatic heterocycles. The maximum absolute atomic E-state index is 12.1. The van der Waals surface area contributed by atoms with Crippen LogP contribution in [0, 0.1) is 17.8 Å². The van der Waals surface area contributed by atoms with E-state index in [-0.39, 0.29) is 11.8 Å². The molecule has 2 fully saturated rings. The summed E-state index contributed by atoms with van der Waals surface area (Å²) in [6, 6.07) is 0. The van der Waals surface area contributed by atoms with Gasteiger partial charge in [0.05, 0.1) is 5.60 Å². The Labute approximate surface area is 110 Å². The van der Waals surface area contributed by atoms with Gasteiger partial charge in [0, 0.05) is 12.5 Å². The minimum atomic E-state index is -0.691. The van der Waals surface area contributed by atoms with Crippen molar-refractivity contribution in [1.29, 1.82) is 0 Å². The number of aliphatic hydroxyl groups is 1. The van der Waals surface area contributed by atoms with E-state index in [0.717, 1.165) is 25.7 Å². The Balaban J connectivity index is 1.77. The van der Waals surface area contributed by atoms with E-state index < -0.39 is 5.60 Å². The van der Waals surface area contributed by atoms with Gasteiger partial charge in [-0.25, -0.2) is 0 Å². The predicted octanol–water partition coefficient (Wildman–Crippen LogP) is 2.48. The Morgan fingerprint density at radius 3 is 2.28 bits per heavy atom. The van der Waals surface area contributed by atoms with Crippen LogP contribution in [0.3, 0.4) is 0 Å². The first-order valence-corrected chi connectivity index (χ1v) is 7.61. The zero-order valence-corrected chi connectivity index (χ0v) is 11.7. The van der Waals surface area contributed by atoms with Crippen molar-refractivity contribution in [2.75, 3.05) is 6.54 Å². The number of carbonyl (C=O) groups excluding carboxylic acids is 1. The highest BCUT2D eigenvalue weighted by atomic mass is 16.3. The number of carbonyl (C=O) groups is 1. The van der Waals surface area contributed by atoms with Gasteiger partial charge in [-0.05, 0) is 37.5 Å². The Bertz CT molecular complexity index is 287. The van der Waals surface area contributed by atoms with Crippen LogP contribution < -0.4 is 5.32 Å². The molecular weight excluding hydrogens is 226 g/mol. The molecule has 0 bridgehead atoms. The smallest absolute Gasteiger partial charge is 0.223 e. The molecule has 104 valence electrons. The van der Waals surface area contributed by atoms with Gasteiger partial charge in [0.25, 0.3) is 0 Å². The fraction of sp³-hybridized carbons (Fsp3) is 0.933. The van der Waals surface area contributed by atoms with Crippen molar-refractivity contribution in [2.24, 2.45) is 17.8 Å². The second-order valence-electron chi connectivity index (χ2n) is 6.23. The zero-order chi connectivity index (χ0) is 13.2. The number of amides is 1. The van der Waals surface area contributed by atoms with Gasteiger partial charge in [0.2, 0.25) is 5.91 Å². The first-order valence-electron chi connectivity index (χ1n) is 7.61. The van der Waals surface area contributed by atoms with E-state index in [2.05, 4.69) is 19.2 Å². The number of fused-ring (bicyclic) bond motifs is 1. The van der Waals surface area contributed by atoms with Crippen molar-refractivity contribution < 1.29 is 9.90 Å². The Kier molecular flexibility index (Phi) is 4.31. The molecule has 2 N–H and O–H groups in total. The van der Waals surface area contributed by atoms with Crippen molar-refractivity contribution in [3.05, 3.63) is 0 Å². The summed E-state index contributed by atoms with van der Waals surface area (Å²) in [7, 11) is 0. The van der Waals surface area contributed by atoms with Crippen LogP contribution in [-0.4, -0.2) is 23.2 Å². The molecule has 0 saturated heterocycles. The molecule has 2 atom stereocenters. The molecule has 0 radical (unpaired) electrons. The molecule has 1 amide bonds. The molecule has 3 heteroatoms. The SMILES string of the molecule is CCCC(O)(CCC)CNC(=O)C1C2CCCC21. The zero-order valence-electron chi connectivity index (χ0n) is 11.7. The van der Waals surface area contributed by atoms with E-state index in [1.807, 2.05) is 0 Å². The van der Waals surface area contributed by atoms with Gasteiger partial charge in [-0.3, -0.25) is 4.79 Å². The lowest BCUT2D eigenvalue weighted by molar-refractivity contribution is -0.124. The van der Waals surface area contributed by atoms with Gasteiger partial charge in [-0.2, -0.15) is 0 Å². The van der Waals surface area contributed by atoms with Crippen LogP contribution in [0.4, 0.5) is 0 Å². The Morgan fingerprint density at radius 1 is 1.22 bits per heavy atom. The van der Waals surface area contributed by atoms with Crippen LogP contribution in [0.2, 0.25) is 0 Å². The van der Waals surface area contributed by atoms with E-state index >= 15 is 0 Å². The summed E-state index contributed by atoms with van der Waals surface area (Å²) in [6.45, 7) is 4.59. The molecule has 0 spiro atoms. The standard InChI is InChI=1S/C15H27NO2/c1-3-8-15(18,9-4-2)10-16-14(17)13-11-6-5-7-12(11)13/h11-13,18H,3-10H2,1-2H3,(H,16,17). The normalized spacial score (nSPS) is 30.1. The summed E-state index contributed by atoms with van der Waals surface area (Å²) >= 11 is 0. The lowest BCUT2D eigenvalue weighted by Gasteiger charge is -2.28. The van der Waals surface area contributed by atoms with E-state index in [9.17, 15) is 9.90 Å². The topological polar surface area (TPSA) is 49.3 Å². The van der Waals surface area contributed by atoms with Crippen LogP contribution in [0.15, 0.2) is 0 Å². The Hall–Kier alpha value is -0.570. The first-order chi connectivity index (χ1) is 8.61. The van der Waals surface area contributed by atoms with Crippen molar-refractivity contribution in [3.8, 4) is 0 Å². The van der Waals surface area contributed by atoms with Gasteiger partial charge in [0.1, 0.15) is 0 Å². The van der Waals surface area contributed by atoms with Crippen LogP contribution in [-0.2, 0) is 4.79 Å². The molecule has 0 aromatic carbocycles. The number of hydrogen-bond donors (Lipinski definition) is 2. The van der Waals surface area contributed by atoms with Crippen molar-refractivity contribution >= 4 is 5.91 Å². The molecule has 2 aliphatic carbocycles. The summed E-state index contributed by atoms with van der Waals surface area (Å²) in [5.41, 5.74) is -0.691. The van der Waals surface area contributed by atoms with Crippen LogP contribution >= 0.6 is 0 Å². The van der Waals surface area contributed by atoms with Crippen molar-refractivity contribution in [1.82, 2.24) is 5.32 Å². The van der Waals surface area contributed by atoms with E-state index in [1.165, 1.54) is 19.3 Å². The maximum Gasteiger partial charge on any atom is 0.223 e. The van der Waals surface area contributed by atoms with Gasteiger partial charge < -0.3 is 10.4 Å². The van der Waals surface area contributed by atoms with E-state index in [1.54, 1.807) is 0 Å². The van der Waals surface area contributed by atoms with Crippen LogP contribution in [0.25, 0.3) is 0 Å². The average Bonchev–Trinajstić information content (AvgIpc) is 2.80. The summed E-state index contributed by atoms with van der Waals surface area (Å²) in [4.78, 5) is 12.1. The fourth-order valence-corrected chi connectivity index (χ4v) is 3.81. The lowest BCUT2D eigenvalue weighted by Crippen LogP contribution is -2.43. The molecule has 0 heterocycles. The monoisotopic (exact) mass is 253 g/mol. The first kappa shape index (κ1) is 13.9. The molecule has 2 aliphatic rings. The van der Waals surface area contributed by atoms with Crippen molar-refractivity contribution in [2.45, 2.75) is 64.4 Å². The molecule has 0 aromatic rings. The minimum absolute atomic E-state index is 0.190. The molecule has 2 saturated carbocycles. The molecule has 18 heavy (non-hydrogen) atoms. The van der Waals surface area contributed by atoms with E-state index in [4.69, 9.17) is 0 Å². The number of nitrogens with one attached hydrogen (secondary N) is 1. The lowest BCUT2D eigenvalue weighted by atomic mass is 9.92. The average molecular weight is 253 g/mol. The van der Waals surface area contributed by atoms with Crippen LogP contribution in [0.1, 0.15) is 58.8 Å². The number of hydrogen-bond acceptors (Lipinski definition) is 2. The molecule has 2 rings (SSSR count). The highest BCUT2D eigenvalue weighted by Crippen LogP contribution is 2.57. The van der Waals surface area contributed by atoms with Gasteiger partial charge in [-0.1, -0.05) is 33.1 Å². The minimum Gasteiger partial charge on any atom is -0.388 e. The third kappa shape index (κ3) is 2.87. The van der Waals surface area contributed by atoms with E-state index in [0.29, 0.717) is 18.4 Å². The largest absolute Gasteiger partial charge is 0.388 e. The highest BCUT2D eigenvalue weighted by molar-refractivity contribution is 5.82. The maximum atomic E-state index is 12.1. The second-order valence-corrected chi connectivity index (χ2v) is 6.23. The summed E-state index contributed by atoms with van der Waals surface area (Å²) in [6.07, 6.45) is 7.24. The highest BCUT2D eigenvalue weighted by Gasteiger charge is 2.56. The van der Waals surface area contributed by atoms with Gasteiger partial charge in [0.15, 0.2) is 0 Å². The molecule has 3 nitrogen and oxygen atoms in total. The predicted molar refractivity (Wildman–Crippen MR) is 72.1 cm³/mol. The van der Waals surface area contributed by atoms with Crippen LogP contribution in [0.5, 0.6) is 0 Å². The second kappa shape index (κ2) is 5.60. The number of rotatable bonds is 7. The quantitative estimate of drug-likeness (QED) is 0.732. The summed E-state index contributed by atoms with van der Waals surface area (Å²) in [5.74, 6) is 1.78. The molecule has 0 aliphatic heterocycles. The molecular formula is C15H27NO2. The van der Waals surface area contributed by atoms with Gasteiger partial charge in [-0.15, -0.1) is 0 Å². The van der Waals surface area contributed by atoms with Gasteiger partial charge >= 0.3 is 0 Å². The van der Waals surface area contributed by atoms with Crippen molar-refractivity contribution in [3.63, 3.8) is 0 Å². The third-order valence-corrected chi connectivity index (χ3v) is 4.73. The Morgan fingerprint density at radius 2 is 1.78 bits per heavy atom. The summed E-state index contributed by atoms with van der Waals surface area (Å²) in [5, 5.41) is 13.4. The third-order valence-electron chi connectivity index (χ3n) is 4.73. The molecule has 2 unspecified atom stereocenters. The summed E-state index contributed by atoms with van der Waals surface area (Å²) < 4.78 is 0. The fourth-order valence-electron chi connectivity index (χ4n) is 3.81.